The average Bonchev–Trinajstić information content (AvgIpc) is 2.45. The van der Waals surface area contributed by atoms with Crippen molar-refractivity contribution < 1.29 is 14.2 Å². The van der Waals surface area contributed by atoms with Gasteiger partial charge in [0, 0.05) is 32.1 Å². The minimum atomic E-state index is 0.533. The molecule has 0 bridgehead atoms. The molecule has 0 heterocycles. The number of benzene rings is 1. The van der Waals surface area contributed by atoms with Crippen LogP contribution in [0, 0.1) is 11.3 Å². The largest absolute Gasteiger partial charge is 0.496 e. The molecule has 5 nitrogen and oxygen atoms in total. The molecule has 0 saturated heterocycles. The summed E-state index contributed by atoms with van der Waals surface area (Å²) in [5, 5.41) is 8.59. The van der Waals surface area contributed by atoms with Gasteiger partial charge in [-0.15, -0.1) is 0 Å². The van der Waals surface area contributed by atoms with E-state index in [1.54, 1.807) is 21.3 Å². The number of hydrogen-bond acceptors (Lipinski definition) is 5. The lowest BCUT2D eigenvalue weighted by Crippen LogP contribution is -2.20. The van der Waals surface area contributed by atoms with Crippen LogP contribution in [0.15, 0.2) is 12.1 Å². The Morgan fingerprint density at radius 1 is 1.11 bits per heavy atom. The fourth-order valence-corrected chi connectivity index (χ4v) is 1.87. The molecule has 0 amide bonds. The molecule has 0 saturated carbocycles. The molecule has 0 unspecified atom stereocenters. The number of anilines is 1. The first kappa shape index (κ1) is 15.0. The van der Waals surface area contributed by atoms with Gasteiger partial charge in [-0.3, -0.25) is 0 Å². The highest BCUT2D eigenvalue weighted by atomic mass is 16.5. The predicted octanol–water partition coefficient (Wildman–Crippen LogP) is 2.45. The molecule has 0 fully saturated rings. The molecular weight excluding hydrogens is 244 g/mol. The van der Waals surface area contributed by atoms with Crippen LogP contribution < -0.4 is 19.1 Å². The van der Waals surface area contributed by atoms with Crippen LogP contribution in [-0.2, 0) is 0 Å². The molecule has 0 radical (unpaired) electrons. The summed E-state index contributed by atoms with van der Waals surface area (Å²) in [5.41, 5.74) is 0.865. The van der Waals surface area contributed by atoms with Crippen molar-refractivity contribution in [2.45, 2.75) is 12.8 Å². The molecule has 5 heteroatoms. The van der Waals surface area contributed by atoms with Gasteiger partial charge in [-0.25, -0.2) is 0 Å². The van der Waals surface area contributed by atoms with E-state index in [1.807, 2.05) is 24.1 Å². The Hall–Kier alpha value is -2.09. The Kier molecular flexibility index (Phi) is 5.80. The van der Waals surface area contributed by atoms with E-state index in [0.717, 1.165) is 18.7 Å². The second kappa shape index (κ2) is 7.37. The number of rotatable bonds is 7. The van der Waals surface area contributed by atoms with Gasteiger partial charge < -0.3 is 19.1 Å². The fraction of sp³-hybridized carbons (Fsp3) is 0.500. The predicted molar refractivity (Wildman–Crippen MR) is 74.2 cm³/mol. The van der Waals surface area contributed by atoms with E-state index < -0.39 is 0 Å². The number of nitriles is 1. The van der Waals surface area contributed by atoms with Crippen molar-refractivity contribution in [1.82, 2.24) is 0 Å². The number of ether oxygens (including phenoxy) is 3. The minimum absolute atomic E-state index is 0.533. The lowest BCUT2D eigenvalue weighted by Gasteiger charge is -2.24. The van der Waals surface area contributed by atoms with Crippen molar-refractivity contribution in [2.75, 3.05) is 39.8 Å². The Labute approximate surface area is 114 Å². The molecule has 0 N–H and O–H groups in total. The zero-order valence-corrected chi connectivity index (χ0v) is 11.9. The highest BCUT2D eigenvalue weighted by Gasteiger charge is 2.16. The number of methoxy groups -OCH3 is 3. The fourth-order valence-electron chi connectivity index (χ4n) is 1.87. The molecule has 0 aliphatic carbocycles. The van der Waals surface area contributed by atoms with Crippen LogP contribution in [0.3, 0.4) is 0 Å². The van der Waals surface area contributed by atoms with E-state index in [-0.39, 0.29) is 0 Å². The first-order chi connectivity index (χ1) is 9.17. The van der Waals surface area contributed by atoms with Gasteiger partial charge in [0.05, 0.1) is 27.4 Å². The summed E-state index contributed by atoms with van der Waals surface area (Å²) in [5.74, 6) is 2.06. The van der Waals surface area contributed by atoms with Crippen molar-refractivity contribution >= 4 is 5.69 Å². The van der Waals surface area contributed by atoms with Crippen molar-refractivity contribution in [3.63, 3.8) is 0 Å². The quantitative estimate of drug-likeness (QED) is 0.708. The van der Waals surface area contributed by atoms with Crippen molar-refractivity contribution in [1.29, 1.82) is 5.26 Å². The lowest BCUT2D eigenvalue weighted by atomic mass is 10.2. The topological polar surface area (TPSA) is 54.7 Å². The third-order valence-corrected chi connectivity index (χ3v) is 2.85. The van der Waals surface area contributed by atoms with Gasteiger partial charge in [-0.1, -0.05) is 0 Å². The molecule has 1 rings (SSSR count). The Morgan fingerprint density at radius 2 is 1.68 bits per heavy atom. The summed E-state index contributed by atoms with van der Waals surface area (Å²) in [7, 11) is 6.77. The maximum absolute atomic E-state index is 8.59. The van der Waals surface area contributed by atoms with E-state index in [0.29, 0.717) is 23.7 Å². The molecule has 1 aromatic rings. The van der Waals surface area contributed by atoms with Crippen LogP contribution in [0.25, 0.3) is 0 Å². The highest BCUT2D eigenvalue weighted by Crippen LogP contribution is 2.41. The third kappa shape index (κ3) is 3.68. The van der Waals surface area contributed by atoms with E-state index in [4.69, 9.17) is 19.5 Å². The molecule has 0 aromatic heterocycles. The summed E-state index contributed by atoms with van der Waals surface area (Å²) >= 11 is 0. The van der Waals surface area contributed by atoms with Gasteiger partial charge in [-0.2, -0.15) is 5.26 Å². The first-order valence-electron chi connectivity index (χ1n) is 6.06. The highest BCUT2D eigenvalue weighted by molar-refractivity contribution is 5.70. The second-order valence-corrected chi connectivity index (χ2v) is 4.06. The van der Waals surface area contributed by atoms with Gasteiger partial charge in [0.15, 0.2) is 0 Å². The molecule has 0 atom stereocenters. The smallest absolute Gasteiger partial charge is 0.149 e. The first-order valence-corrected chi connectivity index (χ1v) is 6.06. The molecule has 104 valence electrons. The third-order valence-electron chi connectivity index (χ3n) is 2.85. The molecular formula is C14H20N2O3. The monoisotopic (exact) mass is 264 g/mol. The molecule has 1 aromatic carbocycles. The zero-order chi connectivity index (χ0) is 14.3. The van der Waals surface area contributed by atoms with Gasteiger partial charge in [0.2, 0.25) is 0 Å². The second-order valence-electron chi connectivity index (χ2n) is 4.06. The van der Waals surface area contributed by atoms with Crippen LogP contribution in [-0.4, -0.2) is 34.9 Å². The van der Waals surface area contributed by atoms with E-state index in [1.165, 1.54) is 0 Å². The standard InChI is InChI=1S/C14H20N2O3/c1-16(8-6-5-7-15)14-12(18-3)9-11(17-2)10-13(14)19-4/h9-10H,5-6,8H2,1-4H3. The van der Waals surface area contributed by atoms with Crippen LogP contribution in [0.5, 0.6) is 17.2 Å². The zero-order valence-electron chi connectivity index (χ0n) is 11.9. The van der Waals surface area contributed by atoms with Crippen molar-refractivity contribution in [3.8, 4) is 23.3 Å². The molecule has 0 aliphatic heterocycles. The number of unbranched alkanes of at least 4 members (excludes halogenated alkanes) is 1. The molecule has 0 aliphatic rings. The summed E-state index contributed by atoms with van der Waals surface area (Å²) in [6, 6.07) is 5.78. The van der Waals surface area contributed by atoms with E-state index in [2.05, 4.69) is 6.07 Å². The van der Waals surface area contributed by atoms with Crippen LogP contribution in [0.2, 0.25) is 0 Å². The van der Waals surface area contributed by atoms with Crippen LogP contribution >= 0.6 is 0 Å². The van der Waals surface area contributed by atoms with Crippen molar-refractivity contribution in [2.24, 2.45) is 0 Å². The van der Waals surface area contributed by atoms with Gasteiger partial charge in [-0.05, 0) is 6.42 Å². The SMILES string of the molecule is COc1cc(OC)c(N(C)CCCC#N)c(OC)c1. The lowest BCUT2D eigenvalue weighted by molar-refractivity contribution is 0.375. The van der Waals surface area contributed by atoms with Crippen molar-refractivity contribution in [3.05, 3.63) is 12.1 Å². The van der Waals surface area contributed by atoms with Crippen LogP contribution in [0.1, 0.15) is 12.8 Å². The maximum Gasteiger partial charge on any atom is 0.149 e. The van der Waals surface area contributed by atoms with E-state index >= 15 is 0 Å². The van der Waals surface area contributed by atoms with Gasteiger partial charge >= 0.3 is 0 Å². The summed E-state index contributed by atoms with van der Waals surface area (Å²) < 4.78 is 16.0. The Bertz CT molecular complexity index is 429. The van der Waals surface area contributed by atoms with E-state index in [9.17, 15) is 0 Å². The summed E-state index contributed by atoms with van der Waals surface area (Å²) in [4.78, 5) is 2.02. The molecule has 0 spiro atoms. The summed E-state index contributed by atoms with van der Waals surface area (Å²) in [6.45, 7) is 0.757. The Balaban J connectivity index is 3.06. The number of hydrogen-bond donors (Lipinski definition) is 0. The van der Waals surface area contributed by atoms with Gasteiger partial charge in [0.1, 0.15) is 22.9 Å². The number of nitrogens with zero attached hydrogens (tertiary/aromatic N) is 2. The Morgan fingerprint density at radius 3 is 2.11 bits per heavy atom. The van der Waals surface area contributed by atoms with Gasteiger partial charge in [0.25, 0.3) is 0 Å². The summed E-state index contributed by atoms with van der Waals surface area (Å²) in [6.07, 6.45) is 1.33. The molecule has 19 heavy (non-hydrogen) atoms. The van der Waals surface area contributed by atoms with Crippen LogP contribution in [0.4, 0.5) is 5.69 Å². The maximum atomic E-state index is 8.59. The minimum Gasteiger partial charge on any atom is -0.496 e. The average molecular weight is 264 g/mol. The normalized spacial score (nSPS) is 9.63.